The van der Waals surface area contributed by atoms with Gasteiger partial charge in [0.15, 0.2) is 0 Å². The molecule has 0 fully saturated rings. The van der Waals surface area contributed by atoms with E-state index >= 15 is 0 Å². The highest BCUT2D eigenvalue weighted by atomic mass is 16.5. The number of nitrogens with zero attached hydrogens (tertiary/aromatic N) is 1. The highest BCUT2D eigenvalue weighted by Gasteiger charge is 2.10. The molecule has 0 saturated carbocycles. The average Bonchev–Trinajstić information content (AvgIpc) is 2.81. The minimum atomic E-state index is -0.745. The van der Waals surface area contributed by atoms with Gasteiger partial charge in [-0.25, -0.2) is 0 Å². The normalized spacial score (nSPS) is 9.88. The van der Waals surface area contributed by atoms with E-state index in [0.717, 1.165) is 16.9 Å². The molecule has 174 valence electrons. The molecule has 32 heavy (non-hydrogen) atoms. The van der Waals surface area contributed by atoms with Crippen LogP contribution in [-0.4, -0.2) is 41.4 Å². The van der Waals surface area contributed by atoms with Crippen LogP contribution in [0.2, 0.25) is 0 Å². The number of carboxylic acid groups (broad SMARTS) is 1. The summed E-state index contributed by atoms with van der Waals surface area (Å²) in [5.74, 6) is -0.273. The van der Waals surface area contributed by atoms with Gasteiger partial charge in [0.25, 0.3) is 0 Å². The van der Waals surface area contributed by atoms with E-state index in [9.17, 15) is 14.4 Å². The molecule has 7 nitrogen and oxygen atoms in total. The molecular weight excluding hydrogens is 410 g/mol. The van der Waals surface area contributed by atoms with Gasteiger partial charge < -0.3 is 19.5 Å². The molecule has 0 aliphatic rings. The van der Waals surface area contributed by atoms with Crippen LogP contribution in [0.3, 0.4) is 0 Å². The zero-order valence-electron chi connectivity index (χ0n) is 19.3. The monoisotopic (exact) mass is 443 g/mol. The molecule has 7 heteroatoms. The number of carboxylic acids is 1. The first-order valence-corrected chi connectivity index (χ1v) is 10.6. The topological polar surface area (TPSA) is 93.1 Å². The third kappa shape index (κ3) is 11.2. The van der Waals surface area contributed by atoms with Crippen molar-refractivity contribution in [2.45, 2.75) is 53.2 Å². The van der Waals surface area contributed by atoms with Gasteiger partial charge in [-0.05, 0) is 30.2 Å². The molecule has 0 unspecified atom stereocenters. The Labute approximate surface area is 190 Å². The summed E-state index contributed by atoms with van der Waals surface area (Å²) in [5.41, 5.74) is 3.23. The first kappa shape index (κ1) is 26.7. The molecule has 1 N–H and O–H groups in total. The van der Waals surface area contributed by atoms with Crippen LogP contribution >= 0.6 is 0 Å². The summed E-state index contributed by atoms with van der Waals surface area (Å²) in [7, 11) is 1.69. The van der Waals surface area contributed by atoms with Gasteiger partial charge in [0.05, 0.1) is 6.42 Å². The standard InChI is InChI=1S/C22H27NO4.C3H6O2/c1-4-21(24)23(3)14-13-22(25)27-16-19-9-11-20(12-10-19)26-15-18-7-5-17(2)6-8-18;1-2-3(4)5/h5-12H,4,13-16H2,1-3H3;2H2,1H3,(H,4,5). The van der Waals surface area contributed by atoms with Gasteiger partial charge in [-0.15, -0.1) is 0 Å². The van der Waals surface area contributed by atoms with E-state index in [-0.39, 0.29) is 31.3 Å². The van der Waals surface area contributed by atoms with Crippen LogP contribution in [0.5, 0.6) is 5.75 Å². The molecular formula is C25H33NO6. The largest absolute Gasteiger partial charge is 0.489 e. The highest BCUT2D eigenvalue weighted by molar-refractivity contribution is 5.76. The molecule has 0 saturated heterocycles. The number of aryl methyl sites for hydroxylation is 1. The first-order chi connectivity index (χ1) is 15.2. The maximum atomic E-state index is 11.8. The van der Waals surface area contributed by atoms with Crippen LogP contribution < -0.4 is 4.74 Å². The van der Waals surface area contributed by atoms with Crippen molar-refractivity contribution in [2.75, 3.05) is 13.6 Å². The van der Waals surface area contributed by atoms with Gasteiger partial charge in [0.2, 0.25) is 5.91 Å². The van der Waals surface area contributed by atoms with E-state index in [1.165, 1.54) is 5.56 Å². The number of benzene rings is 2. The molecule has 1 amide bonds. The molecule has 2 rings (SSSR count). The number of amides is 1. The fourth-order valence-corrected chi connectivity index (χ4v) is 2.42. The zero-order chi connectivity index (χ0) is 23.9. The lowest BCUT2D eigenvalue weighted by Gasteiger charge is -2.15. The quantitative estimate of drug-likeness (QED) is 0.549. The number of hydrogen-bond donors (Lipinski definition) is 1. The molecule has 0 spiro atoms. The summed E-state index contributed by atoms with van der Waals surface area (Å²) in [4.78, 5) is 34.2. The Morgan fingerprint density at radius 1 is 0.875 bits per heavy atom. The van der Waals surface area contributed by atoms with Gasteiger partial charge in [-0.3, -0.25) is 14.4 Å². The maximum absolute atomic E-state index is 11.8. The number of ether oxygens (including phenoxy) is 2. The van der Waals surface area contributed by atoms with Crippen LogP contribution in [-0.2, 0) is 32.3 Å². The summed E-state index contributed by atoms with van der Waals surface area (Å²) >= 11 is 0. The van der Waals surface area contributed by atoms with E-state index in [0.29, 0.717) is 19.6 Å². The average molecular weight is 444 g/mol. The number of esters is 1. The van der Waals surface area contributed by atoms with Crippen molar-refractivity contribution in [3.05, 3.63) is 65.2 Å². The predicted octanol–water partition coefficient (Wildman–Crippen LogP) is 4.36. The van der Waals surface area contributed by atoms with Crippen molar-refractivity contribution >= 4 is 17.8 Å². The number of aliphatic carboxylic acids is 1. The van der Waals surface area contributed by atoms with Crippen molar-refractivity contribution in [1.29, 1.82) is 0 Å². The Morgan fingerprint density at radius 3 is 1.94 bits per heavy atom. The zero-order valence-corrected chi connectivity index (χ0v) is 19.3. The van der Waals surface area contributed by atoms with E-state index < -0.39 is 5.97 Å². The number of carbonyl (C=O) groups is 3. The van der Waals surface area contributed by atoms with Crippen molar-refractivity contribution < 1.29 is 29.0 Å². The van der Waals surface area contributed by atoms with Crippen LogP contribution in [0.4, 0.5) is 0 Å². The van der Waals surface area contributed by atoms with Crippen molar-refractivity contribution in [2.24, 2.45) is 0 Å². The summed E-state index contributed by atoms with van der Waals surface area (Å²) in [6, 6.07) is 15.7. The first-order valence-electron chi connectivity index (χ1n) is 10.6. The van der Waals surface area contributed by atoms with Crippen LogP contribution in [0.15, 0.2) is 48.5 Å². The number of rotatable bonds is 10. The number of hydrogen-bond acceptors (Lipinski definition) is 5. The second kappa shape index (κ2) is 14.6. The van der Waals surface area contributed by atoms with Gasteiger partial charge >= 0.3 is 11.9 Å². The van der Waals surface area contributed by atoms with Crippen LogP contribution in [0, 0.1) is 6.92 Å². The van der Waals surface area contributed by atoms with E-state index in [4.69, 9.17) is 14.6 Å². The van der Waals surface area contributed by atoms with Gasteiger partial charge in [0.1, 0.15) is 19.0 Å². The highest BCUT2D eigenvalue weighted by Crippen LogP contribution is 2.15. The second-order valence-electron chi connectivity index (χ2n) is 7.25. The third-order valence-electron chi connectivity index (χ3n) is 4.53. The lowest BCUT2D eigenvalue weighted by atomic mass is 10.2. The van der Waals surface area contributed by atoms with Crippen molar-refractivity contribution in [3.63, 3.8) is 0 Å². The Kier molecular flexibility index (Phi) is 12.2. The third-order valence-corrected chi connectivity index (χ3v) is 4.53. The minimum absolute atomic E-state index is 0.0176. The van der Waals surface area contributed by atoms with Crippen LogP contribution in [0.25, 0.3) is 0 Å². The molecule has 0 bridgehead atoms. The molecule has 2 aromatic carbocycles. The van der Waals surface area contributed by atoms with E-state index in [1.54, 1.807) is 25.8 Å². The smallest absolute Gasteiger partial charge is 0.307 e. The van der Waals surface area contributed by atoms with E-state index in [1.807, 2.05) is 24.3 Å². The Balaban J connectivity index is 0.000000920. The molecule has 0 heterocycles. The predicted molar refractivity (Wildman–Crippen MR) is 122 cm³/mol. The lowest BCUT2D eigenvalue weighted by Crippen LogP contribution is -2.28. The molecule has 0 aliphatic carbocycles. The summed E-state index contributed by atoms with van der Waals surface area (Å²) in [5, 5.41) is 7.72. The Hall–Kier alpha value is -3.35. The SMILES string of the molecule is CCC(=O)N(C)CCC(=O)OCc1ccc(OCc2ccc(C)cc2)cc1.CCC(=O)O. The number of carbonyl (C=O) groups excluding carboxylic acids is 2. The molecule has 0 aromatic heterocycles. The molecule has 0 radical (unpaired) electrons. The summed E-state index contributed by atoms with van der Waals surface area (Å²) < 4.78 is 11.0. The van der Waals surface area contributed by atoms with Crippen molar-refractivity contribution in [1.82, 2.24) is 4.90 Å². The summed E-state index contributed by atoms with van der Waals surface area (Å²) in [6.07, 6.45) is 0.851. The fourth-order valence-electron chi connectivity index (χ4n) is 2.42. The second-order valence-corrected chi connectivity index (χ2v) is 7.25. The molecule has 0 aliphatic heterocycles. The van der Waals surface area contributed by atoms with E-state index in [2.05, 4.69) is 31.2 Å². The van der Waals surface area contributed by atoms with Gasteiger partial charge in [0, 0.05) is 26.4 Å². The van der Waals surface area contributed by atoms with Gasteiger partial charge in [-0.1, -0.05) is 55.8 Å². The van der Waals surface area contributed by atoms with Gasteiger partial charge in [-0.2, -0.15) is 0 Å². The fraction of sp³-hybridized carbons (Fsp3) is 0.400. The minimum Gasteiger partial charge on any atom is -0.489 e. The van der Waals surface area contributed by atoms with Crippen LogP contribution in [0.1, 0.15) is 49.8 Å². The Morgan fingerprint density at radius 2 is 1.41 bits per heavy atom. The summed E-state index contributed by atoms with van der Waals surface area (Å²) in [6.45, 7) is 6.55. The molecule has 2 aromatic rings. The maximum Gasteiger partial charge on any atom is 0.307 e. The lowest BCUT2D eigenvalue weighted by molar-refractivity contribution is -0.145. The Bertz CT molecular complexity index is 846. The molecule has 0 atom stereocenters. The van der Waals surface area contributed by atoms with Crippen molar-refractivity contribution in [3.8, 4) is 5.75 Å².